The molecule has 0 aliphatic heterocycles. The normalized spacial score (nSPS) is 12.6. The first-order valence-electron chi connectivity index (χ1n) is 5.55. The first-order valence-corrected chi connectivity index (χ1v) is 5.55. The Hall–Kier alpha value is -1.81. The number of phenols is 1. The van der Waals surface area contributed by atoms with Crippen molar-refractivity contribution in [2.45, 2.75) is 19.4 Å². The van der Waals surface area contributed by atoms with Crippen molar-refractivity contribution in [1.29, 1.82) is 0 Å². The van der Waals surface area contributed by atoms with Crippen LogP contribution in [0.1, 0.15) is 18.9 Å². The molecule has 1 rings (SSSR count). The molecule has 92 valence electrons. The number of amides is 1. The summed E-state index contributed by atoms with van der Waals surface area (Å²) in [7, 11) is 0. The highest BCUT2D eigenvalue weighted by molar-refractivity contribution is 5.91. The van der Waals surface area contributed by atoms with E-state index in [1.807, 2.05) is 6.92 Å². The summed E-state index contributed by atoms with van der Waals surface area (Å²) >= 11 is 0. The Labute approximate surface area is 101 Å². The van der Waals surface area contributed by atoms with Crippen LogP contribution in [0.5, 0.6) is 5.75 Å². The fourth-order valence-corrected chi connectivity index (χ4v) is 1.18. The molecule has 0 aliphatic carbocycles. The van der Waals surface area contributed by atoms with Gasteiger partial charge in [0.2, 0.25) is 5.91 Å². The van der Waals surface area contributed by atoms with Crippen LogP contribution >= 0.6 is 0 Å². The molecule has 0 radical (unpaired) electrons. The van der Waals surface area contributed by atoms with Crippen molar-refractivity contribution >= 4 is 12.0 Å². The molecule has 0 aliphatic rings. The number of rotatable bonds is 5. The minimum Gasteiger partial charge on any atom is -0.508 e. The van der Waals surface area contributed by atoms with Crippen LogP contribution in [0.15, 0.2) is 30.3 Å². The summed E-state index contributed by atoms with van der Waals surface area (Å²) in [5.74, 6) is -0.0526. The van der Waals surface area contributed by atoms with Crippen LogP contribution in [0.2, 0.25) is 0 Å². The summed E-state index contributed by atoms with van der Waals surface area (Å²) in [6.07, 6.45) is 3.16. The van der Waals surface area contributed by atoms with Gasteiger partial charge < -0.3 is 15.5 Å². The molecule has 1 aromatic carbocycles. The minimum atomic E-state index is -0.499. The van der Waals surface area contributed by atoms with Gasteiger partial charge in [-0.15, -0.1) is 0 Å². The largest absolute Gasteiger partial charge is 0.508 e. The number of aliphatic hydroxyl groups is 1. The van der Waals surface area contributed by atoms with E-state index in [2.05, 4.69) is 5.32 Å². The maximum absolute atomic E-state index is 11.3. The van der Waals surface area contributed by atoms with E-state index in [0.29, 0.717) is 6.42 Å². The van der Waals surface area contributed by atoms with Crippen molar-refractivity contribution in [3.63, 3.8) is 0 Å². The number of carbonyl (C=O) groups excluding carboxylic acids is 1. The number of benzene rings is 1. The maximum Gasteiger partial charge on any atom is 0.244 e. The Kier molecular flexibility index (Phi) is 5.23. The Balaban J connectivity index is 2.42. The number of aromatic hydroxyl groups is 1. The quantitative estimate of drug-likeness (QED) is 0.674. The van der Waals surface area contributed by atoms with Crippen LogP contribution in [-0.4, -0.2) is 28.8 Å². The average Bonchev–Trinajstić information content (AvgIpc) is 2.35. The summed E-state index contributed by atoms with van der Waals surface area (Å²) in [6, 6.07) is 6.52. The van der Waals surface area contributed by atoms with E-state index in [-0.39, 0.29) is 18.2 Å². The second kappa shape index (κ2) is 6.70. The third-order valence-electron chi connectivity index (χ3n) is 2.30. The van der Waals surface area contributed by atoms with E-state index < -0.39 is 6.10 Å². The molecular weight excluding hydrogens is 218 g/mol. The zero-order valence-electron chi connectivity index (χ0n) is 9.76. The Morgan fingerprint density at radius 3 is 2.65 bits per heavy atom. The van der Waals surface area contributed by atoms with Gasteiger partial charge in [-0.1, -0.05) is 19.1 Å². The molecule has 4 heteroatoms. The maximum atomic E-state index is 11.3. The van der Waals surface area contributed by atoms with Gasteiger partial charge in [-0.05, 0) is 30.2 Å². The highest BCUT2D eigenvalue weighted by Gasteiger charge is 2.01. The van der Waals surface area contributed by atoms with E-state index >= 15 is 0 Å². The Morgan fingerprint density at radius 2 is 2.06 bits per heavy atom. The molecule has 1 atom stereocenters. The van der Waals surface area contributed by atoms with Gasteiger partial charge in [0.05, 0.1) is 6.10 Å². The molecule has 0 saturated carbocycles. The van der Waals surface area contributed by atoms with Gasteiger partial charge in [0, 0.05) is 12.6 Å². The van der Waals surface area contributed by atoms with Crippen molar-refractivity contribution in [2.75, 3.05) is 6.54 Å². The second-order valence-corrected chi connectivity index (χ2v) is 3.73. The summed E-state index contributed by atoms with van der Waals surface area (Å²) in [5, 5.41) is 20.9. The molecule has 1 aromatic rings. The summed E-state index contributed by atoms with van der Waals surface area (Å²) < 4.78 is 0. The van der Waals surface area contributed by atoms with Crippen molar-refractivity contribution in [3.8, 4) is 5.75 Å². The van der Waals surface area contributed by atoms with Crippen molar-refractivity contribution in [3.05, 3.63) is 35.9 Å². The molecule has 0 heterocycles. The van der Waals surface area contributed by atoms with Gasteiger partial charge in [0.25, 0.3) is 0 Å². The van der Waals surface area contributed by atoms with E-state index in [4.69, 9.17) is 5.11 Å². The van der Waals surface area contributed by atoms with E-state index in [1.165, 1.54) is 6.08 Å². The smallest absolute Gasteiger partial charge is 0.244 e. The lowest BCUT2D eigenvalue weighted by atomic mass is 10.2. The van der Waals surface area contributed by atoms with Crippen molar-refractivity contribution in [1.82, 2.24) is 5.32 Å². The lowest BCUT2D eigenvalue weighted by molar-refractivity contribution is -0.116. The van der Waals surface area contributed by atoms with Crippen LogP contribution < -0.4 is 5.32 Å². The molecule has 0 aromatic heterocycles. The molecule has 0 bridgehead atoms. The zero-order valence-corrected chi connectivity index (χ0v) is 9.76. The first kappa shape index (κ1) is 13.3. The van der Waals surface area contributed by atoms with E-state index in [9.17, 15) is 9.90 Å². The molecule has 1 unspecified atom stereocenters. The lowest BCUT2D eigenvalue weighted by Crippen LogP contribution is -2.30. The molecular formula is C13H17NO3. The van der Waals surface area contributed by atoms with Gasteiger partial charge in [-0.2, -0.15) is 0 Å². The number of phenolic OH excluding ortho intramolecular Hbond substituents is 1. The van der Waals surface area contributed by atoms with Crippen LogP contribution in [0.4, 0.5) is 0 Å². The fraction of sp³-hybridized carbons (Fsp3) is 0.308. The standard InChI is InChI=1S/C13H17NO3/c1-2-11(15)9-14-13(17)8-5-10-3-6-12(16)7-4-10/h3-8,11,15-16H,2,9H2,1H3,(H,14,17)/b8-5+. The Morgan fingerprint density at radius 1 is 1.41 bits per heavy atom. The van der Waals surface area contributed by atoms with Gasteiger partial charge in [0.15, 0.2) is 0 Å². The molecule has 3 N–H and O–H groups in total. The van der Waals surface area contributed by atoms with Crippen LogP contribution in [0.25, 0.3) is 6.08 Å². The van der Waals surface area contributed by atoms with Crippen LogP contribution in [0.3, 0.4) is 0 Å². The van der Waals surface area contributed by atoms with Gasteiger partial charge >= 0.3 is 0 Å². The molecule has 0 saturated heterocycles. The van der Waals surface area contributed by atoms with E-state index in [1.54, 1.807) is 30.3 Å². The summed E-state index contributed by atoms with van der Waals surface area (Å²) in [6.45, 7) is 2.11. The van der Waals surface area contributed by atoms with Crippen molar-refractivity contribution in [2.24, 2.45) is 0 Å². The first-order chi connectivity index (χ1) is 8.11. The van der Waals surface area contributed by atoms with Crippen molar-refractivity contribution < 1.29 is 15.0 Å². The molecule has 0 spiro atoms. The topological polar surface area (TPSA) is 69.6 Å². The van der Waals surface area contributed by atoms with Crippen LogP contribution in [0, 0.1) is 0 Å². The second-order valence-electron chi connectivity index (χ2n) is 3.73. The SMILES string of the molecule is CCC(O)CNC(=O)/C=C/c1ccc(O)cc1. The molecule has 17 heavy (non-hydrogen) atoms. The molecule has 1 amide bonds. The van der Waals surface area contributed by atoms with Gasteiger partial charge in [0.1, 0.15) is 5.75 Å². The predicted molar refractivity (Wildman–Crippen MR) is 66.4 cm³/mol. The minimum absolute atomic E-state index is 0.192. The number of hydrogen-bond donors (Lipinski definition) is 3. The lowest BCUT2D eigenvalue weighted by Gasteiger charge is -2.07. The predicted octanol–water partition coefficient (Wildman–Crippen LogP) is 1.29. The molecule has 4 nitrogen and oxygen atoms in total. The Bertz CT molecular complexity index is 384. The van der Waals surface area contributed by atoms with Gasteiger partial charge in [-0.25, -0.2) is 0 Å². The monoisotopic (exact) mass is 235 g/mol. The average molecular weight is 235 g/mol. The van der Waals surface area contributed by atoms with Gasteiger partial charge in [-0.3, -0.25) is 4.79 Å². The number of aliphatic hydroxyl groups excluding tert-OH is 1. The summed E-state index contributed by atoms with van der Waals surface area (Å²) in [4.78, 5) is 11.3. The highest BCUT2D eigenvalue weighted by Crippen LogP contribution is 2.10. The highest BCUT2D eigenvalue weighted by atomic mass is 16.3. The van der Waals surface area contributed by atoms with E-state index in [0.717, 1.165) is 5.56 Å². The third kappa shape index (κ3) is 5.17. The summed E-state index contributed by atoms with van der Waals surface area (Å²) in [5.41, 5.74) is 0.828. The molecule has 0 fully saturated rings. The third-order valence-corrected chi connectivity index (χ3v) is 2.30. The number of nitrogens with one attached hydrogen (secondary N) is 1. The number of carbonyl (C=O) groups is 1. The van der Waals surface area contributed by atoms with Crippen LogP contribution in [-0.2, 0) is 4.79 Å². The number of hydrogen-bond acceptors (Lipinski definition) is 3. The fourth-order valence-electron chi connectivity index (χ4n) is 1.18. The zero-order chi connectivity index (χ0) is 12.7.